The smallest absolute Gasteiger partial charge is 0.416 e. The first kappa shape index (κ1) is 20.4. The predicted molar refractivity (Wildman–Crippen MR) is 106 cm³/mol. The van der Waals surface area contributed by atoms with Crippen LogP contribution < -0.4 is 4.74 Å². The van der Waals surface area contributed by atoms with E-state index < -0.39 is 11.7 Å². The van der Waals surface area contributed by atoms with Gasteiger partial charge in [0.05, 0.1) is 29.6 Å². The molecule has 0 spiro atoms. The molecule has 1 aliphatic rings. The first-order chi connectivity index (χ1) is 14.5. The average molecular weight is 416 g/mol. The molecule has 1 aromatic carbocycles. The molecule has 1 N–H and O–H groups in total. The van der Waals surface area contributed by atoms with E-state index in [0.29, 0.717) is 18.8 Å². The van der Waals surface area contributed by atoms with Crippen molar-refractivity contribution >= 4 is 0 Å². The number of H-pyrrole nitrogens is 1. The standard InChI is InChI=1S/C22H23F3N4O/c23-22(24,25)16-6-8-19(9-7-16)30-13-10-17-14-20(28-27-17)21-5-3-12-29(21)15-18-4-1-2-11-26-18/h1-2,4,6-9,11,14,21H,3,5,10,12-13,15H2,(H,27,28)/t21-/m1/s1. The Kier molecular flexibility index (Phi) is 6.03. The molecule has 0 saturated carbocycles. The predicted octanol–water partition coefficient (Wildman–Crippen LogP) is 4.78. The van der Waals surface area contributed by atoms with E-state index >= 15 is 0 Å². The van der Waals surface area contributed by atoms with Gasteiger partial charge < -0.3 is 4.74 Å². The van der Waals surface area contributed by atoms with E-state index in [2.05, 4.69) is 26.1 Å². The summed E-state index contributed by atoms with van der Waals surface area (Å²) < 4.78 is 43.4. The molecule has 0 aliphatic carbocycles. The zero-order valence-corrected chi connectivity index (χ0v) is 16.4. The van der Waals surface area contributed by atoms with Crippen LogP contribution in [0.25, 0.3) is 0 Å². The second kappa shape index (κ2) is 8.87. The van der Waals surface area contributed by atoms with Crippen molar-refractivity contribution in [3.8, 4) is 5.75 Å². The van der Waals surface area contributed by atoms with Crippen molar-refractivity contribution < 1.29 is 17.9 Å². The minimum Gasteiger partial charge on any atom is -0.493 e. The van der Waals surface area contributed by atoms with Gasteiger partial charge in [-0.3, -0.25) is 15.0 Å². The fraction of sp³-hybridized carbons (Fsp3) is 0.364. The monoisotopic (exact) mass is 416 g/mol. The lowest BCUT2D eigenvalue weighted by Gasteiger charge is -2.22. The molecule has 8 heteroatoms. The first-order valence-electron chi connectivity index (χ1n) is 9.97. The molecule has 2 aromatic heterocycles. The topological polar surface area (TPSA) is 54.0 Å². The van der Waals surface area contributed by atoms with Crippen molar-refractivity contribution in [1.82, 2.24) is 20.1 Å². The third-order valence-electron chi connectivity index (χ3n) is 5.27. The third-order valence-corrected chi connectivity index (χ3v) is 5.27. The number of hydrogen-bond donors (Lipinski definition) is 1. The van der Waals surface area contributed by atoms with E-state index in [4.69, 9.17) is 4.74 Å². The van der Waals surface area contributed by atoms with Crippen LogP contribution >= 0.6 is 0 Å². The maximum absolute atomic E-state index is 12.6. The van der Waals surface area contributed by atoms with Crippen LogP contribution in [0.4, 0.5) is 13.2 Å². The average Bonchev–Trinajstić information content (AvgIpc) is 3.38. The molecule has 4 rings (SSSR count). The number of rotatable bonds is 7. The van der Waals surface area contributed by atoms with Gasteiger partial charge in [0.1, 0.15) is 5.75 Å². The van der Waals surface area contributed by atoms with Gasteiger partial charge in [-0.2, -0.15) is 18.3 Å². The number of likely N-dealkylation sites (tertiary alicyclic amines) is 1. The number of benzene rings is 1. The molecule has 3 aromatic rings. The highest BCUT2D eigenvalue weighted by Gasteiger charge is 2.30. The second-order valence-electron chi connectivity index (χ2n) is 7.39. The van der Waals surface area contributed by atoms with Gasteiger partial charge in [-0.05, 0) is 61.9 Å². The van der Waals surface area contributed by atoms with Gasteiger partial charge >= 0.3 is 6.18 Å². The van der Waals surface area contributed by atoms with Gasteiger partial charge in [-0.25, -0.2) is 0 Å². The molecule has 1 saturated heterocycles. The van der Waals surface area contributed by atoms with E-state index in [1.54, 1.807) is 0 Å². The van der Waals surface area contributed by atoms with E-state index in [1.807, 2.05) is 24.4 Å². The summed E-state index contributed by atoms with van der Waals surface area (Å²) in [4.78, 5) is 6.80. The molecule has 0 bridgehead atoms. The van der Waals surface area contributed by atoms with Gasteiger partial charge in [0, 0.05) is 24.9 Å². The number of halogens is 3. The van der Waals surface area contributed by atoms with Crippen molar-refractivity contribution in [2.75, 3.05) is 13.2 Å². The number of alkyl halides is 3. The third kappa shape index (κ3) is 4.99. The van der Waals surface area contributed by atoms with E-state index in [9.17, 15) is 13.2 Å². The fourth-order valence-corrected chi connectivity index (χ4v) is 3.75. The Labute approximate surface area is 172 Å². The number of nitrogens with zero attached hydrogens (tertiary/aromatic N) is 3. The summed E-state index contributed by atoms with van der Waals surface area (Å²) in [6, 6.07) is 13.0. The molecular formula is C22H23F3N4O. The molecule has 158 valence electrons. The maximum atomic E-state index is 12.6. The van der Waals surface area contributed by atoms with Crippen molar-refractivity contribution in [3.05, 3.63) is 77.4 Å². The molecule has 1 aliphatic heterocycles. The van der Waals surface area contributed by atoms with Crippen molar-refractivity contribution in [2.45, 2.75) is 38.0 Å². The highest BCUT2D eigenvalue weighted by Crippen LogP contribution is 2.32. The highest BCUT2D eigenvalue weighted by molar-refractivity contribution is 5.29. The molecule has 3 heterocycles. The summed E-state index contributed by atoms with van der Waals surface area (Å²) in [6.45, 7) is 2.17. The van der Waals surface area contributed by atoms with Crippen molar-refractivity contribution in [2.24, 2.45) is 0 Å². The van der Waals surface area contributed by atoms with E-state index in [0.717, 1.165) is 55.1 Å². The summed E-state index contributed by atoms with van der Waals surface area (Å²) >= 11 is 0. The first-order valence-corrected chi connectivity index (χ1v) is 9.97. The molecule has 0 unspecified atom stereocenters. The Morgan fingerprint density at radius 1 is 1.13 bits per heavy atom. The molecule has 1 fully saturated rings. The minimum absolute atomic E-state index is 0.257. The van der Waals surface area contributed by atoms with Gasteiger partial charge in [-0.1, -0.05) is 6.07 Å². The molecule has 30 heavy (non-hydrogen) atoms. The largest absolute Gasteiger partial charge is 0.493 e. The minimum atomic E-state index is -4.34. The lowest BCUT2D eigenvalue weighted by molar-refractivity contribution is -0.137. The van der Waals surface area contributed by atoms with Gasteiger partial charge in [0.2, 0.25) is 0 Å². The number of aromatic amines is 1. The van der Waals surface area contributed by atoms with Crippen molar-refractivity contribution in [1.29, 1.82) is 0 Å². The van der Waals surface area contributed by atoms with Crippen LogP contribution in [0.2, 0.25) is 0 Å². The second-order valence-corrected chi connectivity index (χ2v) is 7.39. The molecule has 1 atom stereocenters. The Morgan fingerprint density at radius 3 is 2.70 bits per heavy atom. The summed E-state index contributed by atoms with van der Waals surface area (Å²) in [5.74, 6) is 0.417. The number of ether oxygens (including phenoxy) is 1. The van der Waals surface area contributed by atoms with Crippen LogP contribution in [0, 0.1) is 0 Å². The summed E-state index contributed by atoms with van der Waals surface area (Å²) in [6.07, 6.45) is 0.246. The van der Waals surface area contributed by atoms with Crippen LogP contribution in [-0.2, 0) is 19.1 Å². The van der Waals surface area contributed by atoms with Crippen LogP contribution in [0.1, 0.15) is 41.5 Å². The van der Waals surface area contributed by atoms with Crippen molar-refractivity contribution in [3.63, 3.8) is 0 Å². The Balaban J connectivity index is 1.30. The van der Waals surface area contributed by atoms with Crippen LogP contribution in [0.15, 0.2) is 54.7 Å². The summed E-state index contributed by atoms with van der Waals surface area (Å²) in [7, 11) is 0. The summed E-state index contributed by atoms with van der Waals surface area (Å²) in [5, 5.41) is 7.55. The lowest BCUT2D eigenvalue weighted by Crippen LogP contribution is -2.23. The number of pyridine rings is 1. The quantitative estimate of drug-likeness (QED) is 0.602. The van der Waals surface area contributed by atoms with Gasteiger partial charge in [0.15, 0.2) is 0 Å². The fourth-order valence-electron chi connectivity index (χ4n) is 3.75. The Hall–Kier alpha value is -2.87. The Morgan fingerprint density at radius 2 is 1.97 bits per heavy atom. The van der Waals surface area contributed by atoms with Crippen LogP contribution in [0.3, 0.4) is 0 Å². The Bertz CT molecular complexity index is 941. The maximum Gasteiger partial charge on any atom is 0.416 e. The number of aromatic nitrogens is 3. The van der Waals surface area contributed by atoms with E-state index in [1.165, 1.54) is 12.1 Å². The van der Waals surface area contributed by atoms with Gasteiger partial charge in [-0.15, -0.1) is 0 Å². The van der Waals surface area contributed by atoms with E-state index in [-0.39, 0.29) is 6.04 Å². The number of nitrogens with one attached hydrogen (secondary N) is 1. The lowest BCUT2D eigenvalue weighted by atomic mass is 10.1. The molecule has 0 radical (unpaired) electrons. The number of hydrogen-bond acceptors (Lipinski definition) is 4. The van der Waals surface area contributed by atoms with Crippen LogP contribution in [-0.4, -0.2) is 33.2 Å². The highest BCUT2D eigenvalue weighted by atomic mass is 19.4. The molecular weight excluding hydrogens is 393 g/mol. The zero-order chi connectivity index (χ0) is 21.0. The molecule has 0 amide bonds. The normalized spacial score (nSPS) is 17.4. The summed E-state index contributed by atoms with van der Waals surface area (Å²) in [5.41, 5.74) is 2.32. The SMILES string of the molecule is FC(F)(F)c1ccc(OCCc2cc([C@H]3CCCN3Cc3ccccn3)n[nH]2)cc1. The van der Waals surface area contributed by atoms with Gasteiger partial charge in [0.25, 0.3) is 0 Å². The zero-order valence-electron chi connectivity index (χ0n) is 16.4. The molecule has 5 nitrogen and oxygen atoms in total. The van der Waals surface area contributed by atoms with Crippen LogP contribution in [0.5, 0.6) is 5.75 Å².